The van der Waals surface area contributed by atoms with Crippen LogP contribution in [0.5, 0.6) is 11.5 Å². The Morgan fingerprint density at radius 3 is 2.65 bits per heavy atom. The van der Waals surface area contributed by atoms with Crippen LogP contribution in [0.3, 0.4) is 0 Å². The Labute approximate surface area is 158 Å². The quantitative estimate of drug-likeness (QED) is 0.731. The van der Waals surface area contributed by atoms with Crippen LogP contribution in [0.4, 0.5) is 0 Å². The zero-order chi connectivity index (χ0) is 17.9. The fraction of sp³-hybridized carbons (Fsp3) is 0.381. The van der Waals surface area contributed by atoms with Gasteiger partial charge in [0.25, 0.3) is 0 Å². The summed E-state index contributed by atoms with van der Waals surface area (Å²) in [4.78, 5) is 14.3. The van der Waals surface area contributed by atoms with Crippen molar-refractivity contribution in [1.82, 2.24) is 4.90 Å². The van der Waals surface area contributed by atoms with Crippen molar-refractivity contribution in [3.8, 4) is 11.5 Å². The SMILES string of the molecule is COc1cc(C2SCC(=O)N2CC2CC2)ccc1OCc1ccccc1. The van der Waals surface area contributed by atoms with Gasteiger partial charge in [-0.05, 0) is 42.0 Å². The molecule has 1 aliphatic heterocycles. The van der Waals surface area contributed by atoms with E-state index in [0.29, 0.717) is 24.0 Å². The van der Waals surface area contributed by atoms with E-state index >= 15 is 0 Å². The molecule has 1 aliphatic carbocycles. The second kappa shape index (κ2) is 7.62. The van der Waals surface area contributed by atoms with Crippen molar-refractivity contribution < 1.29 is 14.3 Å². The summed E-state index contributed by atoms with van der Waals surface area (Å²) in [5, 5.41) is 0.0835. The second-order valence-corrected chi connectivity index (χ2v) is 7.91. The van der Waals surface area contributed by atoms with E-state index in [4.69, 9.17) is 9.47 Å². The van der Waals surface area contributed by atoms with Crippen molar-refractivity contribution in [2.75, 3.05) is 19.4 Å². The molecule has 4 rings (SSSR count). The third-order valence-corrected chi connectivity index (χ3v) is 6.09. The lowest BCUT2D eigenvalue weighted by Gasteiger charge is -2.25. The molecule has 1 amide bonds. The van der Waals surface area contributed by atoms with Crippen LogP contribution in [0.25, 0.3) is 0 Å². The highest BCUT2D eigenvalue weighted by atomic mass is 32.2. The van der Waals surface area contributed by atoms with Crippen molar-refractivity contribution >= 4 is 17.7 Å². The minimum atomic E-state index is 0.0835. The van der Waals surface area contributed by atoms with Crippen molar-refractivity contribution in [2.24, 2.45) is 5.92 Å². The summed E-state index contributed by atoms with van der Waals surface area (Å²) in [7, 11) is 1.66. The van der Waals surface area contributed by atoms with Crippen LogP contribution in [0.15, 0.2) is 48.5 Å². The minimum absolute atomic E-state index is 0.0835. The Morgan fingerprint density at radius 2 is 1.92 bits per heavy atom. The van der Waals surface area contributed by atoms with E-state index < -0.39 is 0 Å². The maximum Gasteiger partial charge on any atom is 0.233 e. The van der Waals surface area contributed by atoms with Crippen LogP contribution in [0.1, 0.15) is 29.3 Å². The number of ether oxygens (including phenoxy) is 2. The van der Waals surface area contributed by atoms with Crippen LogP contribution in [0, 0.1) is 5.92 Å². The van der Waals surface area contributed by atoms with E-state index in [9.17, 15) is 4.79 Å². The zero-order valence-electron chi connectivity index (χ0n) is 14.9. The lowest BCUT2D eigenvalue weighted by molar-refractivity contribution is -0.128. The van der Waals surface area contributed by atoms with Crippen LogP contribution in [0.2, 0.25) is 0 Å². The van der Waals surface area contributed by atoms with Crippen molar-refractivity contribution in [2.45, 2.75) is 24.8 Å². The Kier molecular flexibility index (Phi) is 5.07. The number of rotatable bonds is 7. The second-order valence-electron chi connectivity index (χ2n) is 6.84. The standard InChI is InChI=1S/C21H23NO3S/c1-24-19-11-17(21-22(12-15-7-8-15)20(23)14-26-21)9-10-18(19)25-13-16-5-3-2-4-6-16/h2-6,9-11,15,21H,7-8,12-14H2,1H3. The van der Waals surface area contributed by atoms with Gasteiger partial charge in [0.15, 0.2) is 11.5 Å². The molecule has 0 aromatic heterocycles. The first-order chi connectivity index (χ1) is 12.7. The molecule has 1 atom stereocenters. The molecule has 0 radical (unpaired) electrons. The first kappa shape index (κ1) is 17.3. The lowest BCUT2D eigenvalue weighted by Crippen LogP contribution is -2.30. The summed E-state index contributed by atoms with van der Waals surface area (Å²) in [6.45, 7) is 1.38. The molecule has 2 aromatic carbocycles. The van der Waals surface area contributed by atoms with Gasteiger partial charge in [-0.15, -0.1) is 11.8 Å². The average Bonchev–Trinajstić information content (AvgIpc) is 3.43. The molecule has 1 saturated heterocycles. The predicted octanol–water partition coefficient (Wildman–Crippen LogP) is 4.26. The van der Waals surface area contributed by atoms with Gasteiger partial charge >= 0.3 is 0 Å². The molecular formula is C21H23NO3S. The largest absolute Gasteiger partial charge is 0.493 e. The van der Waals surface area contributed by atoms with E-state index in [1.54, 1.807) is 18.9 Å². The minimum Gasteiger partial charge on any atom is -0.493 e. The van der Waals surface area contributed by atoms with Crippen molar-refractivity contribution in [3.05, 3.63) is 59.7 Å². The van der Waals surface area contributed by atoms with Crippen LogP contribution in [-0.2, 0) is 11.4 Å². The van der Waals surface area contributed by atoms with Gasteiger partial charge in [0.2, 0.25) is 5.91 Å². The topological polar surface area (TPSA) is 38.8 Å². The molecule has 1 unspecified atom stereocenters. The highest BCUT2D eigenvalue weighted by molar-refractivity contribution is 8.00. The normalized spacial score (nSPS) is 19.7. The molecule has 1 heterocycles. The molecule has 4 nitrogen and oxygen atoms in total. The number of amides is 1. The van der Waals surface area contributed by atoms with Crippen LogP contribution in [-0.4, -0.2) is 30.2 Å². The number of carbonyl (C=O) groups excluding carboxylic acids is 1. The lowest BCUT2D eigenvalue weighted by atomic mass is 10.1. The maximum atomic E-state index is 12.3. The number of nitrogens with zero attached hydrogens (tertiary/aromatic N) is 1. The molecule has 0 N–H and O–H groups in total. The number of hydrogen-bond acceptors (Lipinski definition) is 4. The molecule has 0 spiro atoms. The van der Waals surface area contributed by atoms with Gasteiger partial charge in [-0.1, -0.05) is 36.4 Å². The Bertz CT molecular complexity index is 776. The number of benzene rings is 2. The number of hydrogen-bond donors (Lipinski definition) is 0. The molecule has 1 saturated carbocycles. The van der Waals surface area contributed by atoms with E-state index in [2.05, 4.69) is 6.07 Å². The van der Waals surface area contributed by atoms with E-state index in [1.807, 2.05) is 47.4 Å². The molecule has 2 aliphatic rings. The van der Waals surface area contributed by atoms with Crippen LogP contribution < -0.4 is 9.47 Å². The number of methoxy groups -OCH3 is 1. The average molecular weight is 369 g/mol. The van der Waals surface area contributed by atoms with Crippen LogP contribution >= 0.6 is 11.8 Å². The van der Waals surface area contributed by atoms with Gasteiger partial charge in [-0.25, -0.2) is 0 Å². The smallest absolute Gasteiger partial charge is 0.233 e. The van der Waals surface area contributed by atoms with E-state index in [-0.39, 0.29) is 11.3 Å². The van der Waals surface area contributed by atoms with Gasteiger partial charge in [0.1, 0.15) is 12.0 Å². The third kappa shape index (κ3) is 3.83. The number of thioether (sulfide) groups is 1. The maximum absolute atomic E-state index is 12.3. The fourth-order valence-corrected chi connectivity index (χ4v) is 4.39. The van der Waals surface area contributed by atoms with Gasteiger partial charge < -0.3 is 14.4 Å². The van der Waals surface area contributed by atoms with E-state index in [1.165, 1.54) is 12.8 Å². The predicted molar refractivity (Wildman–Crippen MR) is 103 cm³/mol. The summed E-state index contributed by atoms with van der Waals surface area (Å²) < 4.78 is 11.5. The zero-order valence-corrected chi connectivity index (χ0v) is 15.7. The van der Waals surface area contributed by atoms with Crippen molar-refractivity contribution in [3.63, 3.8) is 0 Å². The molecular weight excluding hydrogens is 346 g/mol. The Hall–Kier alpha value is -2.14. The first-order valence-corrected chi connectivity index (χ1v) is 10.0. The van der Waals surface area contributed by atoms with Crippen molar-refractivity contribution in [1.29, 1.82) is 0 Å². The monoisotopic (exact) mass is 369 g/mol. The summed E-state index contributed by atoms with van der Waals surface area (Å²) in [5.74, 6) is 2.94. The summed E-state index contributed by atoms with van der Waals surface area (Å²) >= 11 is 1.70. The highest BCUT2D eigenvalue weighted by Crippen LogP contribution is 2.44. The summed E-state index contributed by atoms with van der Waals surface area (Å²) in [6, 6.07) is 16.1. The molecule has 26 heavy (non-hydrogen) atoms. The van der Waals surface area contributed by atoms with Gasteiger partial charge in [-0.2, -0.15) is 0 Å². The third-order valence-electron chi connectivity index (χ3n) is 4.83. The highest BCUT2D eigenvalue weighted by Gasteiger charge is 2.37. The van der Waals surface area contributed by atoms with Gasteiger partial charge in [0.05, 0.1) is 12.9 Å². The molecule has 136 valence electrons. The Balaban J connectivity index is 1.50. The molecule has 5 heteroatoms. The molecule has 2 fully saturated rings. The molecule has 0 bridgehead atoms. The summed E-state index contributed by atoms with van der Waals surface area (Å²) in [5.41, 5.74) is 2.22. The fourth-order valence-electron chi connectivity index (χ4n) is 3.20. The van der Waals surface area contributed by atoms with Gasteiger partial charge in [0, 0.05) is 6.54 Å². The number of carbonyl (C=O) groups is 1. The Morgan fingerprint density at radius 1 is 1.12 bits per heavy atom. The van der Waals surface area contributed by atoms with Gasteiger partial charge in [-0.3, -0.25) is 4.79 Å². The van der Waals surface area contributed by atoms with E-state index in [0.717, 1.165) is 23.4 Å². The molecule has 2 aromatic rings. The first-order valence-electron chi connectivity index (χ1n) is 9.00. The summed E-state index contributed by atoms with van der Waals surface area (Å²) in [6.07, 6.45) is 2.49.